The second-order valence-electron chi connectivity index (χ2n) is 5.51. The Balaban J connectivity index is 2.90. The second-order valence-corrected chi connectivity index (χ2v) is 5.51. The SMILES string of the molecule is COc1cccc(C(O)C(NC(=O)OC(C)(C)C)C(=O)O)n1. The molecule has 22 heavy (non-hydrogen) atoms. The van der Waals surface area contributed by atoms with Gasteiger partial charge in [0, 0.05) is 6.07 Å². The third-order valence-electron chi connectivity index (χ3n) is 2.51. The van der Waals surface area contributed by atoms with E-state index in [-0.39, 0.29) is 11.6 Å². The summed E-state index contributed by atoms with van der Waals surface area (Å²) in [6.45, 7) is 4.92. The number of pyridine rings is 1. The minimum atomic E-state index is -1.60. The first-order valence-electron chi connectivity index (χ1n) is 6.55. The Kier molecular flexibility index (Phi) is 5.69. The number of amides is 1. The molecular weight excluding hydrogens is 292 g/mol. The van der Waals surface area contributed by atoms with E-state index < -0.39 is 29.8 Å². The number of ether oxygens (including phenoxy) is 2. The van der Waals surface area contributed by atoms with Crippen molar-refractivity contribution >= 4 is 12.1 Å². The van der Waals surface area contributed by atoms with E-state index in [1.54, 1.807) is 32.9 Å². The quantitative estimate of drug-likeness (QED) is 0.745. The van der Waals surface area contributed by atoms with Crippen LogP contribution in [0.5, 0.6) is 5.88 Å². The van der Waals surface area contributed by atoms with Crippen molar-refractivity contribution in [3.8, 4) is 5.88 Å². The molecule has 1 amide bonds. The minimum absolute atomic E-state index is 0.0582. The number of nitrogens with zero attached hydrogens (tertiary/aromatic N) is 1. The van der Waals surface area contributed by atoms with Crippen LogP contribution in [-0.4, -0.2) is 46.0 Å². The van der Waals surface area contributed by atoms with E-state index in [4.69, 9.17) is 9.47 Å². The summed E-state index contributed by atoms with van der Waals surface area (Å²) >= 11 is 0. The molecule has 1 aromatic rings. The third-order valence-corrected chi connectivity index (χ3v) is 2.51. The molecule has 1 heterocycles. The Morgan fingerprint density at radius 3 is 2.45 bits per heavy atom. The lowest BCUT2D eigenvalue weighted by atomic mass is 10.1. The summed E-state index contributed by atoms with van der Waals surface area (Å²) in [5.41, 5.74) is -0.727. The predicted molar refractivity (Wildman–Crippen MR) is 76.5 cm³/mol. The Morgan fingerprint density at radius 2 is 1.95 bits per heavy atom. The van der Waals surface area contributed by atoms with Crippen LogP contribution in [0.25, 0.3) is 0 Å². The zero-order valence-electron chi connectivity index (χ0n) is 12.9. The summed E-state index contributed by atoms with van der Waals surface area (Å²) in [5.74, 6) is -1.19. The maximum atomic E-state index is 11.7. The highest BCUT2D eigenvalue weighted by Gasteiger charge is 2.32. The van der Waals surface area contributed by atoms with Crippen LogP contribution in [-0.2, 0) is 9.53 Å². The molecule has 0 aliphatic heterocycles. The van der Waals surface area contributed by atoms with Gasteiger partial charge in [0.05, 0.1) is 12.8 Å². The first kappa shape index (κ1) is 17.7. The number of aliphatic carboxylic acids is 1. The second kappa shape index (κ2) is 7.08. The molecule has 0 aliphatic rings. The summed E-state index contributed by atoms with van der Waals surface area (Å²) in [4.78, 5) is 26.9. The number of nitrogens with one attached hydrogen (secondary N) is 1. The number of carbonyl (C=O) groups excluding carboxylic acids is 1. The van der Waals surface area contributed by atoms with Gasteiger partial charge in [-0.1, -0.05) is 6.07 Å². The molecule has 2 unspecified atom stereocenters. The Labute approximate surface area is 128 Å². The predicted octanol–water partition coefficient (Wildman–Crippen LogP) is 1.10. The van der Waals surface area contributed by atoms with Crippen molar-refractivity contribution in [2.45, 2.75) is 38.5 Å². The smallest absolute Gasteiger partial charge is 0.408 e. The molecule has 0 aliphatic carbocycles. The molecule has 0 fully saturated rings. The molecule has 3 N–H and O–H groups in total. The Morgan fingerprint density at radius 1 is 1.32 bits per heavy atom. The van der Waals surface area contributed by atoms with Crippen molar-refractivity contribution in [1.29, 1.82) is 0 Å². The number of rotatable bonds is 5. The molecule has 0 saturated heterocycles. The van der Waals surface area contributed by atoms with Gasteiger partial charge >= 0.3 is 12.1 Å². The first-order valence-corrected chi connectivity index (χ1v) is 6.55. The number of aromatic nitrogens is 1. The average Bonchev–Trinajstić information content (AvgIpc) is 2.42. The number of methoxy groups -OCH3 is 1. The topological polar surface area (TPSA) is 118 Å². The fourth-order valence-electron chi connectivity index (χ4n) is 1.59. The lowest BCUT2D eigenvalue weighted by molar-refractivity contribution is -0.142. The number of alkyl carbamates (subject to hydrolysis) is 1. The number of aliphatic hydroxyl groups excluding tert-OH is 1. The normalized spacial score (nSPS) is 13.9. The molecule has 0 radical (unpaired) electrons. The van der Waals surface area contributed by atoms with Gasteiger partial charge in [0.2, 0.25) is 5.88 Å². The molecule has 0 saturated carbocycles. The monoisotopic (exact) mass is 312 g/mol. The number of hydrogen-bond donors (Lipinski definition) is 3. The highest BCUT2D eigenvalue weighted by molar-refractivity contribution is 5.80. The maximum absolute atomic E-state index is 11.7. The average molecular weight is 312 g/mol. The number of carbonyl (C=O) groups is 2. The third kappa shape index (κ3) is 5.21. The van der Waals surface area contributed by atoms with Crippen LogP contribution in [0, 0.1) is 0 Å². The van der Waals surface area contributed by atoms with Crippen molar-refractivity contribution in [2.24, 2.45) is 0 Å². The van der Waals surface area contributed by atoms with Crippen LogP contribution in [0.1, 0.15) is 32.6 Å². The molecule has 8 heteroatoms. The zero-order valence-corrected chi connectivity index (χ0v) is 12.9. The molecule has 122 valence electrons. The van der Waals surface area contributed by atoms with Crippen molar-refractivity contribution in [3.63, 3.8) is 0 Å². The van der Waals surface area contributed by atoms with Crippen LogP contribution in [0.2, 0.25) is 0 Å². The van der Waals surface area contributed by atoms with E-state index in [0.29, 0.717) is 0 Å². The summed E-state index contributed by atoms with van der Waals surface area (Å²) in [7, 11) is 1.39. The summed E-state index contributed by atoms with van der Waals surface area (Å²) < 4.78 is 9.89. The van der Waals surface area contributed by atoms with Gasteiger partial charge in [-0.2, -0.15) is 0 Å². The molecule has 0 bridgehead atoms. The lowest BCUT2D eigenvalue weighted by Crippen LogP contribution is -2.47. The molecule has 1 rings (SSSR count). The standard InChI is InChI=1S/C14H20N2O6/c1-14(2,3)22-13(20)16-10(12(18)19)11(17)8-6-5-7-9(15-8)21-4/h5-7,10-11,17H,1-4H3,(H,16,20)(H,18,19). The largest absolute Gasteiger partial charge is 0.481 e. The van der Waals surface area contributed by atoms with Crippen LogP contribution < -0.4 is 10.1 Å². The van der Waals surface area contributed by atoms with Gasteiger partial charge in [-0.25, -0.2) is 14.6 Å². The Hall–Kier alpha value is -2.35. The molecule has 0 aromatic carbocycles. The molecule has 8 nitrogen and oxygen atoms in total. The van der Waals surface area contributed by atoms with E-state index in [1.165, 1.54) is 13.2 Å². The van der Waals surface area contributed by atoms with Gasteiger partial charge < -0.3 is 25.0 Å². The van der Waals surface area contributed by atoms with E-state index in [2.05, 4.69) is 10.3 Å². The summed E-state index contributed by atoms with van der Waals surface area (Å²) in [6.07, 6.45) is -2.50. The van der Waals surface area contributed by atoms with Gasteiger partial charge in [0.15, 0.2) is 6.04 Å². The fourth-order valence-corrected chi connectivity index (χ4v) is 1.59. The van der Waals surface area contributed by atoms with Crippen LogP contribution in [0.15, 0.2) is 18.2 Å². The summed E-state index contributed by atoms with van der Waals surface area (Å²) in [5, 5.41) is 21.5. The highest BCUT2D eigenvalue weighted by atomic mass is 16.6. The lowest BCUT2D eigenvalue weighted by Gasteiger charge is -2.24. The van der Waals surface area contributed by atoms with Gasteiger partial charge in [0.1, 0.15) is 11.7 Å². The zero-order chi connectivity index (χ0) is 16.9. The van der Waals surface area contributed by atoms with E-state index >= 15 is 0 Å². The molecule has 2 atom stereocenters. The highest BCUT2D eigenvalue weighted by Crippen LogP contribution is 2.18. The van der Waals surface area contributed by atoms with Gasteiger partial charge in [0.25, 0.3) is 0 Å². The van der Waals surface area contributed by atoms with Crippen LogP contribution in [0.3, 0.4) is 0 Å². The number of carboxylic acids is 1. The number of hydrogen-bond acceptors (Lipinski definition) is 6. The number of carboxylic acid groups (broad SMARTS) is 1. The molecule has 1 aromatic heterocycles. The van der Waals surface area contributed by atoms with E-state index in [1.807, 2.05) is 0 Å². The van der Waals surface area contributed by atoms with E-state index in [0.717, 1.165) is 0 Å². The van der Waals surface area contributed by atoms with Gasteiger partial charge in [-0.05, 0) is 26.8 Å². The van der Waals surface area contributed by atoms with Crippen molar-refractivity contribution in [1.82, 2.24) is 10.3 Å². The van der Waals surface area contributed by atoms with Gasteiger partial charge in [-0.3, -0.25) is 0 Å². The fraction of sp³-hybridized carbons (Fsp3) is 0.500. The Bertz CT molecular complexity index is 540. The van der Waals surface area contributed by atoms with Crippen molar-refractivity contribution < 1.29 is 29.3 Å². The number of aliphatic hydroxyl groups is 1. The van der Waals surface area contributed by atoms with Crippen molar-refractivity contribution in [2.75, 3.05) is 7.11 Å². The molecular formula is C14H20N2O6. The first-order chi connectivity index (χ1) is 10.1. The van der Waals surface area contributed by atoms with Gasteiger partial charge in [-0.15, -0.1) is 0 Å². The minimum Gasteiger partial charge on any atom is -0.481 e. The van der Waals surface area contributed by atoms with Crippen molar-refractivity contribution in [3.05, 3.63) is 23.9 Å². The van der Waals surface area contributed by atoms with E-state index in [9.17, 15) is 19.8 Å². The maximum Gasteiger partial charge on any atom is 0.408 e. The van der Waals surface area contributed by atoms with Crippen LogP contribution in [0.4, 0.5) is 4.79 Å². The van der Waals surface area contributed by atoms with Crippen LogP contribution >= 0.6 is 0 Å². The summed E-state index contributed by atoms with van der Waals surface area (Å²) in [6, 6.07) is 2.93. The molecule has 0 spiro atoms.